The second kappa shape index (κ2) is 6.16. The molecule has 0 aromatic heterocycles. The molecular formula is C14H21FN2O. The Morgan fingerprint density at radius 1 is 1.50 bits per heavy atom. The van der Waals surface area contributed by atoms with Crippen LogP contribution >= 0.6 is 0 Å². The Hall–Kier alpha value is -1.13. The number of nitrogens with zero attached hydrogens (tertiary/aromatic N) is 1. The molecule has 3 nitrogen and oxygen atoms in total. The topological polar surface area (TPSA) is 35.5 Å². The maximum absolute atomic E-state index is 13.9. The highest BCUT2D eigenvalue weighted by atomic mass is 19.1. The van der Waals surface area contributed by atoms with Gasteiger partial charge in [0, 0.05) is 30.9 Å². The molecule has 1 heterocycles. The summed E-state index contributed by atoms with van der Waals surface area (Å²) in [6, 6.07) is 5.17. The highest BCUT2D eigenvalue weighted by Crippen LogP contribution is 2.26. The molecule has 0 spiro atoms. The molecule has 1 aromatic carbocycles. The Balaban J connectivity index is 2.15. The normalized spacial score (nSPS) is 19.5. The molecule has 0 radical (unpaired) electrons. The summed E-state index contributed by atoms with van der Waals surface area (Å²) in [6.07, 6.45) is 1.51. The van der Waals surface area contributed by atoms with Crippen LogP contribution in [0.1, 0.15) is 25.3 Å². The number of nitrogens with one attached hydrogen (secondary N) is 1. The quantitative estimate of drug-likeness (QED) is 0.786. The average molecular weight is 252 g/mol. The molecule has 1 aliphatic heterocycles. The zero-order valence-corrected chi connectivity index (χ0v) is 10.8. The smallest absolute Gasteiger partial charge is 0.129 e. The van der Waals surface area contributed by atoms with Crippen molar-refractivity contribution in [2.24, 2.45) is 0 Å². The van der Waals surface area contributed by atoms with Crippen molar-refractivity contribution in [1.29, 1.82) is 0 Å². The van der Waals surface area contributed by atoms with Crippen molar-refractivity contribution in [2.75, 3.05) is 24.5 Å². The molecule has 1 aliphatic rings. The molecule has 1 fully saturated rings. The molecule has 2 N–H and O–H groups in total. The number of anilines is 1. The van der Waals surface area contributed by atoms with Crippen molar-refractivity contribution < 1.29 is 9.50 Å². The fraction of sp³-hybridized carbons (Fsp3) is 0.571. The first-order valence-corrected chi connectivity index (χ1v) is 6.63. The van der Waals surface area contributed by atoms with E-state index in [0.29, 0.717) is 18.7 Å². The maximum Gasteiger partial charge on any atom is 0.129 e. The third-order valence-corrected chi connectivity index (χ3v) is 3.33. The first kappa shape index (κ1) is 13.3. The zero-order valence-electron chi connectivity index (χ0n) is 10.8. The number of aliphatic hydroxyl groups excluding tert-OH is 1. The summed E-state index contributed by atoms with van der Waals surface area (Å²) in [5.74, 6) is -0.169. The lowest BCUT2D eigenvalue weighted by atomic mass is 10.1. The van der Waals surface area contributed by atoms with E-state index < -0.39 is 0 Å². The number of hydrogen-bond donors (Lipinski definition) is 2. The fourth-order valence-electron chi connectivity index (χ4n) is 2.37. The van der Waals surface area contributed by atoms with Gasteiger partial charge in [-0.15, -0.1) is 0 Å². The maximum atomic E-state index is 13.9. The Morgan fingerprint density at radius 2 is 2.33 bits per heavy atom. The first-order chi connectivity index (χ1) is 8.72. The summed E-state index contributed by atoms with van der Waals surface area (Å²) in [5.41, 5.74) is 1.62. The van der Waals surface area contributed by atoms with Crippen LogP contribution in [-0.4, -0.2) is 30.8 Å². The lowest BCUT2D eigenvalue weighted by Crippen LogP contribution is -2.24. The van der Waals surface area contributed by atoms with Gasteiger partial charge in [0.25, 0.3) is 0 Å². The molecule has 18 heavy (non-hydrogen) atoms. The lowest BCUT2D eigenvalue weighted by molar-refractivity contribution is 0.198. The molecular weight excluding hydrogens is 231 g/mol. The van der Waals surface area contributed by atoms with Crippen LogP contribution in [0.4, 0.5) is 10.1 Å². The molecule has 1 saturated heterocycles. The first-order valence-electron chi connectivity index (χ1n) is 6.63. The van der Waals surface area contributed by atoms with Gasteiger partial charge < -0.3 is 15.3 Å². The molecule has 0 saturated carbocycles. The van der Waals surface area contributed by atoms with E-state index in [2.05, 4.69) is 17.1 Å². The molecule has 2 rings (SSSR count). The number of benzene rings is 1. The Kier molecular flexibility index (Phi) is 4.55. The molecule has 100 valence electrons. The van der Waals surface area contributed by atoms with Crippen molar-refractivity contribution >= 4 is 5.69 Å². The summed E-state index contributed by atoms with van der Waals surface area (Å²) < 4.78 is 13.9. The minimum atomic E-state index is -0.287. The standard InChI is InChI=1S/C14H21FN2O/c1-2-7-16-9-12-13(15)4-3-5-14(12)17-8-6-11(18)10-17/h3-5,11,16,18H,2,6-10H2,1H3. The van der Waals surface area contributed by atoms with Gasteiger partial charge in [-0.1, -0.05) is 13.0 Å². The molecule has 0 aliphatic carbocycles. The van der Waals surface area contributed by atoms with Crippen LogP contribution in [0, 0.1) is 5.82 Å². The fourth-order valence-corrected chi connectivity index (χ4v) is 2.37. The van der Waals surface area contributed by atoms with Gasteiger partial charge in [0.1, 0.15) is 5.82 Å². The van der Waals surface area contributed by atoms with Crippen LogP contribution in [0.5, 0.6) is 0 Å². The van der Waals surface area contributed by atoms with E-state index in [9.17, 15) is 9.50 Å². The Bertz CT molecular complexity index is 397. The summed E-state index contributed by atoms with van der Waals surface area (Å²) in [4.78, 5) is 2.07. The van der Waals surface area contributed by atoms with Crippen LogP contribution in [-0.2, 0) is 6.54 Å². The van der Waals surface area contributed by atoms with Crippen molar-refractivity contribution in [2.45, 2.75) is 32.4 Å². The van der Waals surface area contributed by atoms with Gasteiger partial charge in [-0.05, 0) is 31.5 Å². The molecule has 4 heteroatoms. The van der Waals surface area contributed by atoms with Crippen LogP contribution in [0.15, 0.2) is 18.2 Å². The summed E-state index contributed by atoms with van der Waals surface area (Å²) in [7, 11) is 0. The third-order valence-electron chi connectivity index (χ3n) is 3.33. The van der Waals surface area contributed by atoms with Gasteiger partial charge >= 0.3 is 0 Å². The number of hydrogen-bond acceptors (Lipinski definition) is 3. The number of rotatable bonds is 5. The van der Waals surface area contributed by atoms with Crippen LogP contribution < -0.4 is 10.2 Å². The second-order valence-corrected chi connectivity index (χ2v) is 4.80. The zero-order chi connectivity index (χ0) is 13.0. The van der Waals surface area contributed by atoms with E-state index in [1.165, 1.54) is 6.07 Å². The van der Waals surface area contributed by atoms with E-state index in [-0.39, 0.29) is 11.9 Å². The summed E-state index contributed by atoms with van der Waals surface area (Å²) >= 11 is 0. The molecule has 1 aromatic rings. The van der Waals surface area contributed by atoms with E-state index in [4.69, 9.17) is 0 Å². The third kappa shape index (κ3) is 3.00. The molecule has 0 bridgehead atoms. The predicted octanol–water partition coefficient (Wildman–Crippen LogP) is 1.90. The summed E-state index contributed by atoms with van der Waals surface area (Å²) in [5, 5.41) is 12.8. The van der Waals surface area contributed by atoms with Crippen molar-refractivity contribution in [3.8, 4) is 0 Å². The van der Waals surface area contributed by atoms with Gasteiger partial charge in [-0.2, -0.15) is 0 Å². The minimum Gasteiger partial charge on any atom is -0.391 e. The predicted molar refractivity (Wildman–Crippen MR) is 71.2 cm³/mol. The highest BCUT2D eigenvalue weighted by Gasteiger charge is 2.23. The Morgan fingerprint density at radius 3 is 3.00 bits per heavy atom. The van der Waals surface area contributed by atoms with E-state index in [0.717, 1.165) is 31.6 Å². The van der Waals surface area contributed by atoms with Gasteiger partial charge in [-0.25, -0.2) is 4.39 Å². The molecule has 1 atom stereocenters. The van der Waals surface area contributed by atoms with Crippen molar-refractivity contribution in [3.05, 3.63) is 29.6 Å². The monoisotopic (exact) mass is 252 g/mol. The van der Waals surface area contributed by atoms with Crippen molar-refractivity contribution in [3.63, 3.8) is 0 Å². The number of halogens is 1. The van der Waals surface area contributed by atoms with Gasteiger partial charge in [0.05, 0.1) is 6.10 Å². The van der Waals surface area contributed by atoms with Gasteiger partial charge in [-0.3, -0.25) is 0 Å². The molecule has 1 unspecified atom stereocenters. The van der Waals surface area contributed by atoms with Crippen LogP contribution in [0.25, 0.3) is 0 Å². The molecule has 0 amide bonds. The van der Waals surface area contributed by atoms with Crippen LogP contribution in [0.3, 0.4) is 0 Å². The summed E-state index contributed by atoms with van der Waals surface area (Å²) in [6.45, 7) is 4.92. The highest BCUT2D eigenvalue weighted by molar-refractivity contribution is 5.55. The van der Waals surface area contributed by atoms with E-state index >= 15 is 0 Å². The average Bonchev–Trinajstić information content (AvgIpc) is 2.78. The lowest BCUT2D eigenvalue weighted by Gasteiger charge is -2.22. The second-order valence-electron chi connectivity index (χ2n) is 4.80. The Labute approximate surface area is 108 Å². The van der Waals surface area contributed by atoms with Crippen molar-refractivity contribution in [1.82, 2.24) is 5.32 Å². The largest absolute Gasteiger partial charge is 0.391 e. The minimum absolute atomic E-state index is 0.169. The number of aliphatic hydroxyl groups is 1. The van der Waals surface area contributed by atoms with E-state index in [1.54, 1.807) is 6.07 Å². The SMILES string of the molecule is CCCNCc1c(F)cccc1N1CCC(O)C1. The number of β-amino-alcohol motifs (C(OH)–C–C–N with tert-alkyl or cyclic N) is 1. The van der Waals surface area contributed by atoms with Crippen LogP contribution in [0.2, 0.25) is 0 Å². The van der Waals surface area contributed by atoms with E-state index in [1.807, 2.05) is 6.07 Å². The van der Waals surface area contributed by atoms with Gasteiger partial charge in [0.15, 0.2) is 0 Å². The van der Waals surface area contributed by atoms with Gasteiger partial charge in [0.2, 0.25) is 0 Å².